The van der Waals surface area contributed by atoms with Crippen molar-refractivity contribution in [1.82, 2.24) is 9.97 Å². The van der Waals surface area contributed by atoms with Crippen LogP contribution in [0, 0.1) is 6.92 Å². The molecule has 1 saturated carbocycles. The molecule has 1 heterocycles. The van der Waals surface area contributed by atoms with E-state index in [4.69, 9.17) is 0 Å². The highest BCUT2D eigenvalue weighted by molar-refractivity contribution is 9.10. The first-order valence-electron chi connectivity index (χ1n) is 5.48. The van der Waals surface area contributed by atoms with Crippen LogP contribution in [0.3, 0.4) is 0 Å². The lowest BCUT2D eigenvalue weighted by atomic mass is 10.3. The molecule has 0 bridgehead atoms. The van der Waals surface area contributed by atoms with Crippen LogP contribution in [0.25, 0.3) is 0 Å². The standard InChI is InChI=1S/C11H16BrN3/c1-3-6-15(9-4-5-9)11-7-10(12)13-8(2)14-11/h7,9H,3-6H2,1-2H3. The summed E-state index contributed by atoms with van der Waals surface area (Å²) in [6.45, 7) is 5.23. The first-order valence-corrected chi connectivity index (χ1v) is 6.28. The second-order valence-electron chi connectivity index (χ2n) is 4.02. The predicted molar refractivity (Wildman–Crippen MR) is 65.1 cm³/mol. The van der Waals surface area contributed by atoms with Gasteiger partial charge in [-0.3, -0.25) is 0 Å². The molecule has 1 aromatic rings. The summed E-state index contributed by atoms with van der Waals surface area (Å²) in [4.78, 5) is 11.1. The first-order chi connectivity index (χ1) is 7.20. The molecule has 0 N–H and O–H groups in total. The molecule has 0 unspecified atom stereocenters. The van der Waals surface area contributed by atoms with E-state index in [2.05, 4.69) is 37.7 Å². The van der Waals surface area contributed by atoms with Gasteiger partial charge in [-0.25, -0.2) is 9.97 Å². The second kappa shape index (κ2) is 4.47. The Balaban J connectivity index is 2.24. The molecule has 2 rings (SSSR count). The van der Waals surface area contributed by atoms with Crippen molar-refractivity contribution in [2.75, 3.05) is 11.4 Å². The van der Waals surface area contributed by atoms with Crippen molar-refractivity contribution in [3.8, 4) is 0 Å². The Morgan fingerprint density at radius 1 is 1.47 bits per heavy atom. The van der Waals surface area contributed by atoms with E-state index in [1.165, 1.54) is 12.8 Å². The SMILES string of the molecule is CCCN(c1cc(Br)nc(C)n1)C1CC1. The van der Waals surface area contributed by atoms with Crippen LogP contribution in [0.2, 0.25) is 0 Å². The highest BCUT2D eigenvalue weighted by Gasteiger charge is 2.29. The molecule has 4 heteroatoms. The lowest BCUT2D eigenvalue weighted by Gasteiger charge is -2.23. The zero-order chi connectivity index (χ0) is 10.8. The number of rotatable bonds is 4. The summed E-state index contributed by atoms with van der Waals surface area (Å²) in [6, 6.07) is 2.73. The number of hydrogen-bond donors (Lipinski definition) is 0. The van der Waals surface area contributed by atoms with Crippen LogP contribution in [-0.2, 0) is 0 Å². The van der Waals surface area contributed by atoms with E-state index in [9.17, 15) is 0 Å². The lowest BCUT2D eigenvalue weighted by molar-refractivity contribution is 0.744. The molecule has 1 fully saturated rings. The number of halogens is 1. The topological polar surface area (TPSA) is 29.0 Å². The Labute approximate surface area is 99.0 Å². The Kier molecular flexibility index (Phi) is 3.24. The minimum absolute atomic E-state index is 0.714. The first kappa shape index (κ1) is 10.9. The zero-order valence-corrected chi connectivity index (χ0v) is 10.8. The minimum Gasteiger partial charge on any atom is -0.354 e. The molecule has 0 amide bonds. The Bertz CT molecular complexity index is 329. The second-order valence-corrected chi connectivity index (χ2v) is 4.83. The molecule has 82 valence electrons. The number of anilines is 1. The van der Waals surface area contributed by atoms with E-state index in [1.807, 2.05) is 13.0 Å². The maximum Gasteiger partial charge on any atom is 0.133 e. The summed E-state index contributed by atoms with van der Waals surface area (Å²) >= 11 is 3.42. The van der Waals surface area contributed by atoms with Crippen molar-refractivity contribution in [2.24, 2.45) is 0 Å². The van der Waals surface area contributed by atoms with Gasteiger partial charge in [-0.05, 0) is 42.1 Å². The maximum absolute atomic E-state index is 4.50. The summed E-state index contributed by atoms with van der Waals surface area (Å²) in [7, 11) is 0. The van der Waals surface area contributed by atoms with Gasteiger partial charge in [-0.1, -0.05) is 6.92 Å². The number of aromatic nitrogens is 2. The monoisotopic (exact) mass is 269 g/mol. The highest BCUT2D eigenvalue weighted by Crippen LogP contribution is 2.31. The van der Waals surface area contributed by atoms with E-state index in [0.29, 0.717) is 6.04 Å². The maximum atomic E-state index is 4.50. The van der Waals surface area contributed by atoms with Gasteiger partial charge in [0.25, 0.3) is 0 Å². The number of aryl methyl sites for hydroxylation is 1. The van der Waals surface area contributed by atoms with Crippen LogP contribution in [-0.4, -0.2) is 22.6 Å². The fourth-order valence-electron chi connectivity index (χ4n) is 1.77. The van der Waals surface area contributed by atoms with Crippen LogP contribution in [0.5, 0.6) is 0 Å². The molecule has 0 aromatic carbocycles. The summed E-state index contributed by atoms with van der Waals surface area (Å²) in [5.41, 5.74) is 0. The third-order valence-electron chi connectivity index (χ3n) is 2.54. The van der Waals surface area contributed by atoms with Gasteiger partial charge in [-0.15, -0.1) is 0 Å². The minimum atomic E-state index is 0.714. The largest absolute Gasteiger partial charge is 0.354 e. The molecule has 0 radical (unpaired) electrons. The van der Waals surface area contributed by atoms with Gasteiger partial charge >= 0.3 is 0 Å². The average Bonchev–Trinajstić information content (AvgIpc) is 2.95. The van der Waals surface area contributed by atoms with E-state index in [-0.39, 0.29) is 0 Å². The van der Waals surface area contributed by atoms with Crippen molar-refractivity contribution < 1.29 is 0 Å². The third kappa shape index (κ3) is 2.68. The van der Waals surface area contributed by atoms with Crippen molar-refractivity contribution in [1.29, 1.82) is 0 Å². The van der Waals surface area contributed by atoms with Gasteiger partial charge < -0.3 is 4.90 Å². The lowest BCUT2D eigenvalue weighted by Crippen LogP contribution is -2.27. The van der Waals surface area contributed by atoms with E-state index in [0.717, 1.165) is 29.2 Å². The predicted octanol–water partition coefficient (Wildman–Crippen LogP) is 2.93. The summed E-state index contributed by atoms with van der Waals surface area (Å²) in [5, 5.41) is 0. The molecule has 0 saturated heterocycles. The van der Waals surface area contributed by atoms with Gasteiger partial charge in [0.1, 0.15) is 16.2 Å². The van der Waals surface area contributed by atoms with Crippen LogP contribution < -0.4 is 4.90 Å². The number of hydrogen-bond acceptors (Lipinski definition) is 3. The van der Waals surface area contributed by atoms with E-state index >= 15 is 0 Å². The number of nitrogens with zero attached hydrogens (tertiary/aromatic N) is 3. The van der Waals surface area contributed by atoms with Gasteiger partial charge in [0.2, 0.25) is 0 Å². The molecule has 1 aliphatic carbocycles. The van der Waals surface area contributed by atoms with Crippen molar-refractivity contribution in [3.05, 3.63) is 16.5 Å². The van der Waals surface area contributed by atoms with E-state index in [1.54, 1.807) is 0 Å². The Morgan fingerprint density at radius 3 is 2.73 bits per heavy atom. The quantitative estimate of drug-likeness (QED) is 0.788. The van der Waals surface area contributed by atoms with Crippen molar-refractivity contribution in [2.45, 2.75) is 39.2 Å². The molecule has 0 atom stereocenters. The van der Waals surface area contributed by atoms with Gasteiger partial charge in [0, 0.05) is 18.7 Å². The van der Waals surface area contributed by atoms with Crippen molar-refractivity contribution in [3.63, 3.8) is 0 Å². The normalized spacial score (nSPS) is 15.4. The Morgan fingerprint density at radius 2 is 2.20 bits per heavy atom. The fraction of sp³-hybridized carbons (Fsp3) is 0.636. The Hall–Kier alpha value is -0.640. The van der Waals surface area contributed by atoms with Gasteiger partial charge in [0.15, 0.2) is 0 Å². The van der Waals surface area contributed by atoms with Gasteiger partial charge in [0.05, 0.1) is 0 Å². The van der Waals surface area contributed by atoms with Crippen LogP contribution in [0.1, 0.15) is 32.0 Å². The van der Waals surface area contributed by atoms with Crippen LogP contribution >= 0.6 is 15.9 Å². The molecule has 15 heavy (non-hydrogen) atoms. The molecule has 1 aliphatic rings. The molecule has 0 spiro atoms. The van der Waals surface area contributed by atoms with Crippen molar-refractivity contribution >= 4 is 21.7 Å². The molecular weight excluding hydrogens is 254 g/mol. The summed E-state index contributed by atoms with van der Waals surface area (Å²) < 4.78 is 0.881. The molecule has 3 nitrogen and oxygen atoms in total. The van der Waals surface area contributed by atoms with Gasteiger partial charge in [-0.2, -0.15) is 0 Å². The third-order valence-corrected chi connectivity index (χ3v) is 2.95. The van der Waals surface area contributed by atoms with Crippen LogP contribution in [0.15, 0.2) is 10.7 Å². The molecule has 1 aromatic heterocycles. The summed E-state index contributed by atoms with van der Waals surface area (Å²) in [5.74, 6) is 1.90. The molecule has 0 aliphatic heterocycles. The zero-order valence-electron chi connectivity index (χ0n) is 9.20. The fourth-order valence-corrected chi connectivity index (χ4v) is 2.24. The summed E-state index contributed by atoms with van der Waals surface area (Å²) in [6.07, 6.45) is 3.78. The average molecular weight is 270 g/mol. The van der Waals surface area contributed by atoms with E-state index < -0.39 is 0 Å². The smallest absolute Gasteiger partial charge is 0.133 e. The highest BCUT2D eigenvalue weighted by atomic mass is 79.9. The molecular formula is C11H16BrN3. The van der Waals surface area contributed by atoms with Crippen LogP contribution in [0.4, 0.5) is 5.82 Å².